The normalized spacial score (nSPS) is 20.0. The van der Waals surface area contributed by atoms with Crippen molar-refractivity contribution >= 4 is 17.7 Å². The van der Waals surface area contributed by atoms with Gasteiger partial charge in [0.05, 0.1) is 6.04 Å². The molecule has 4 rings (SSSR count). The van der Waals surface area contributed by atoms with Gasteiger partial charge in [-0.25, -0.2) is 0 Å². The van der Waals surface area contributed by atoms with E-state index < -0.39 is 12.1 Å². The Balaban J connectivity index is 1.50. The molecule has 1 fully saturated rings. The van der Waals surface area contributed by atoms with E-state index in [1.54, 1.807) is 41.3 Å². The van der Waals surface area contributed by atoms with Crippen molar-refractivity contribution in [2.75, 3.05) is 6.54 Å². The average molecular weight is 504 g/mol. The monoisotopic (exact) mass is 503 g/mol. The van der Waals surface area contributed by atoms with Crippen LogP contribution < -0.4 is 5.32 Å². The number of nitrogens with zero attached hydrogens (tertiary/aromatic N) is 2. The molecule has 2 heterocycles. The lowest BCUT2D eigenvalue weighted by Crippen LogP contribution is -2.52. The van der Waals surface area contributed by atoms with Gasteiger partial charge in [-0.3, -0.25) is 14.4 Å². The topological polar surface area (TPSA) is 89.9 Å². The van der Waals surface area contributed by atoms with Gasteiger partial charge in [-0.15, -0.1) is 0 Å². The minimum atomic E-state index is -0.736. The molecule has 0 bridgehead atoms. The van der Waals surface area contributed by atoms with Crippen LogP contribution in [0.2, 0.25) is 0 Å². The number of carbonyl (C=O) groups excluding carboxylic acids is 3. The molecule has 0 saturated carbocycles. The molecule has 196 valence electrons. The number of fused-ring (bicyclic) bond motifs is 1. The molecule has 3 amide bonds. The summed E-state index contributed by atoms with van der Waals surface area (Å²) < 4.78 is 0. The highest BCUT2D eigenvalue weighted by molar-refractivity contribution is 5.98. The molecule has 0 radical (unpaired) electrons. The van der Waals surface area contributed by atoms with Crippen molar-refractivity contribution in [1.82, 2.24) is 15.1 Å². The summed E-state index contributed by atoms with van der Waals surface area (Å²) in [6.45, 7) is 10.8. The molecule has 1 unspecified atom stereocenters. The third-order valence-corrected chi connectivity index (χ3v) is 7.16. The molecule has 37 heavy (non-hydrogen) atoms. The van der Waals surface area contributed by atoms with E-state index in [-0.39, 0.29) is 40.9 Å². The number of rotatable bonds is 6. The van der Waals surface area contributed by atoms with Crippen LogP contribution in [-0.2, 0) is 10.2 Å². The number of benzene rings is 2. The molecule has 1 saturated heterocycles. The molecule has 3 atom stereocenters. The maximum atomic E-state index is 13.7. The maximum absolute atomic E-state index is 13.7. The lowest BCUT2D eigenvalue weighted by molar-refractivity contribution is -0.134. The van der Waals surface area contributed by atoms with E-state index in [9.17, 15) is 19.5 Å². The first-order chi connectivity index (χ1) is 17.5. The van der Waals surface area contributed by atoms with E-state index in [0.29, 0.717) is 30.5 Å². The van der Waals surface area contributed by atoms with Crippen molar-refractivity contribution in [1.29, 1.82) is 0 Å². The van der Waals surface area contributed by atoms with Crippen LogP contribution in [0.3, 0.4) is 0 Å². The summed E-state index contributed by atoms with van der Waals surface area (Å²) in [5.74, 6) is -0.593. The highest BCUT2D eigenvalue weighted by Crippen LogP contribution is 2.35. The Morgan fingerprint density at radius 2 is 1.65 bits per heavy atom. The average Bonchev–Trinajstić information content (AvgIpc) is 3.44. The predicted molar refractivity (Wildman–Crippen MR) is 143 cm³/mol. The second kappa shape index (κ2) is 10.4. The van der Waals surface area contributed by atoms with E-state index in [4.69, 9.17) is 0 Å². The predicted octanol–water partition coefficient (Wildman–Crippen LogP) is 4.65. The highest BCUT2D eigenvalue weighted by atomic mass is 16.3. The molecule has 2 aromatic carbocycles. The number of carbonyl (C=O) groups is 3. The standard InChI is InChI=1S/C30H37N3O4/c1-19(2)17-23(31-27(35)20-11-13-22(14-12-20)30(3,4)5)29(37)32-16-15-24-26(32)25(34)18-33(24)28(36)21-9-7-6-8-10-21/h6-14,18-19,23-24,26,34H,15-17H2,1-5H3,(H,31,35)/t23-,24?,26-/m0/s1. The Morgan fingerprint density at radius 1 is 1.00 bits per heavy atom. The fourth-order valence-corrected chi connectivity index (χ4v) is 5.18. The first kappa shape index (κ1) is 26.5. The van der Waals surface area contributed by atoms with Crippen LogP contribution in [0.4, 0.5) is 0 Å². The van der Waals surface area contributed by atoms with Crippen molar-refractivity contribution in [2.45, 2.75) is 71.0 Å². The van der Waals surface area contributed by atoms with Gasteiger partial charge in [0.2, 0.25) is 5.91 Å². The Labute approximate surface area is 219 Å². The molecule has 2 aromatic rings. The Kier molecular flexibility index (Phi) is 7.44. The van der Waals surface area contributed by atoms with Crippen LogP contribution in [0.25, 0.3) is 0 Å². The first-order valence-corrected chi connectivity index (χ1v) is 13.0. The Hall–Kier alpha value is -3.61. The van der Waals surface area contributed by atoms with Crippen molar-refractivity contribution < 1.29 is 19.5 Å². The zero-order valence-electron chi connectivity index (χ0n) is 22.3. The van der Waals surface area contributed by atoms with Crippen LogP contribution in [0, 0.1) is 5.92 Å². The summed E-state index contributed by atoms with van der Waals surface area (Å²) in [6, 6.07) is 14.7. The zero-order valence-corrected chi connectivity index (χ0v) is 22.3. The summed E-state index contributed by atoms with van der Waals surface area (Å²) in [5, 5.41) is 13.7. The van der Waals surface area contributed by atoms with Gasteiger partial charge in [0.1, 0.15) is 17.8 Å². The molecular formula is C30H37N3O4. The molecule has 0 spiro atoms. The largest absolute Gasteiger partial charge is 0.508 e. The highest BCUT2D eigenvalue weighted by Gasteiger charge is 2.49. The van der Waals surface area contributed by atoms with Crippen molar-refractivity contribution in [3.8, 4) is 0 Å². The number of hydrogen-bond acceptors (Lipinski definition) is 4. The van der Waals surface area contributed by atoms with Gasteiger partial charge < -0.3 is 20.2 Å². The molecule has 0 aromatic heterocycles. The smallest absolute Gasteiger partial charge is 0.258 e. The lowest BCUT2D eigenvalue weighted by Gasteiger charge is -2.30. The second-order valence-corrected chi connectivity index (χ2v) is 11.4. The van der Waals surface area contributed by atoms with E-state index in [1.807, 2.05) is 32.0 Å². The van der Waals surface area contributed by atoms with Crippen LogP contribution >= 0.6 is 0 Å². The fraction of sp³-hybridized carbons (Fsp3) is 0.433. The van der Waals surface area contributed by atoms with E-state index in [0.717, 1.165) is 5.56 Å². The third-order valence-electron chi connectivity index (χ3n) is 7.16. The number of aliphatic hydroxyl groups is 1. The van der Waals surface area contributed by atoms with Crippen molar-refractivity contribution in [3.05, 3.63) is 83.2 Å². The minimum Gasteiger partial charge on any atom is -0.508 e. The van der Waals surface area contributed by atoms with Gasteiger partial charge in [-0.05, 0) is 54.0 Å². The van der Waals surface area contributed by atoms with Gasteiger partial charge in [-0.2, -0.15) is 0 Å². The van der Waals surface area contributed by atoms with Gasteiger partial charge in [0.25, 0.3) is 11.8 Å². The van der Waals surface area contributed by atoms with Crippen LogP contribution in [-0.4, -0.2) is 57.3 Å². The number of hydrogen-bond donors (Lipinski definition) is 2. The number of aliphatic hydroxyl groups excluding tert-OH is 1. The quantitative estimate of drug-likeness (QED) is 0.600. The van der Waals surface area contributed by atoms with Crippen molar-refractivity contribution in [2.24, 2.45) is 5.92 Å². The molecular weight excluding hydrogens is 466 g/mol. The number of nitrogens with one attached hydrogen (secondary N) is 1. The molecule has 0 aliphatic carbocycles. The summed E-state index contributed by atoms with van der Waals surface area (Å²) >= 11 is 0. The van der Waals surface area contributed by atoms with Gasteiger partial charge in [-0.1, -0.05) is 65.0 Å². The van der Waals surface area contributed by atoms with Gasteiger partial charge in [0, 0.05) is 23.9 Å². The molecule has 2 aliphatic rings. The number of amides is 3. The van der Waals surface area contributed by atoms with Crippen LogP contribution in [0.15, 0.2) is 66.6 Å². The van der Waals surface area contributed by atoms with Gasteiger partial charge >= 0.3 is 0 Å². The SMILES string of the molecule is CC(C)C[C@H](NC(=O)c1ccc(C(C)(C)C)cc1)C(=O)N1CCC2[C@H]1C(O)=CN2C(=O)c1ccccc1. The molecule has 2 N–H and O–H groups in total. The summed E-state index contributed by atoms with van der Waals surface area (Å²) in [5.41, 5.74) is 2.13. The van der Waals surface area contributed by atoms with Gasteiger partial charge in [0.15, 0.2) is 0 Å². The summed E-state index contributed by atoms with van der Waals surface area (Å²) in [6.07, 6.45) is 2.46. The molecule has 7 nitrogen and oxygen atoms in total. The fourth-order valence-electron chi connectivity index (χ4n) is 5.18. The van der Waals surface area contributed by atoms with Crippen LogP contribution in [0.1, 0.15) is 73.7 Å². The second-order valence-electron chi connectivity index (χ2n) is 11.4. The first-order valence-electron chi connectivity index (χ1n) is 13.0. The Bertz CT molecular complexity index is 1180. The maximum Gasteiger partial charge on any atom is 0.258 e. The van der Waals surface area contributed by atoms with E-state index >= 15 is 0 Å². The van der Waals surface area contributed by atoms with E-state index in [2.05, 4.69) is 26.1 Å². The number of likely N-dealkylation sites (tertiary alicyclic amines) is 1. The summed E-state index contributed by atoms with van der Waals surface area (Å²) in [4.78, 5) is 43.1. The van der Waals surface area contributed by atoms with Crippen molar-refractivity contribution in [3.63, 3.8) is 0 Å². The van der Waals surface area contributed by atoms with E-state index in [1.165, 1.54) is 11.1 Å². The minimum absolute atomic E-state index is 0.00692. The molecule has 7 heteroatoms. The molecule has 2 aliphatic heterocycles. The third kappa shape index (κ3) is 5.55. The summed E-state index contributed by atoms with van der Waals surface area (Å²) in [7, 11) is 0. The lowest BCUT2D eigenvalue weighted by atomic mass is 9.86. The Morgan fingerprint density at radius 3 is 2.24 bits per heavy atom. The van der Waals surface area contributed by atoms with Crippen LogP contribution in [0.5, 0.6) is 0 Å². The zero-order chi connectivity index (χ0) is 26.9.